The molecule has 2 heterocycles. The number of rotatable bonds is 1. The van der Waals surface area contributed by atoms with E-state index < -0.39 is 0 Å². The van der Waals surface area contributed by atoms with Crippen LogP contribution in [0.15, 0.2) is 16.0 Å². The number of aromatic nitrogens is 2. The first kappa shape index (κ1) is 7.11. The summed E-state index contributed by atoms with van der Waals surface area (Å²) in [6, 6.07) is 0.0673. The van der Waals surface area contributed by atoms with Gasteiger partial charge < -0.3 is 15.9 Å². The van der Waals surface area contributed by atoms with E-state index in [4.69, 9.17) is 15.9 Å². The Balaban J connectivity index is 2.54. The lowest BCUT2D eigenvalue weighted by Gasteiger charge is -1.86. The van der Waals surface area contributed by atoms with E-state index in [1.807, 2.05) is 5.38 Å². The molecule has 2 rings (SSSR count). The Morgan fingerprint density at radius 2 is 2.25 bits per heavy atom. The summed E-state index contributed by atoms with van der Waals surface area (Å²) in [5.41, 5.74) is 11.3. The zero-order valence-corrected chi connectivity index (χ0v) is 6.84. The number of nitrogens with zero attached hydrogens (tertiary/aromatic N) is 2. The fourth-order valence-electron chi connectivity index (χ4n) is 0.843. The molecule has 0 fully saturated rings. The fraction of sp³-hybridized carbons (Fsp3) is 0. The molecule has 0 bridgehead atoms. The van der Waals surface area contributed by atoms with Crippen LogP contribution in [0.3, 0.4) is 0 Å². The largest absolute Gasteiger partial charge is 0.407 e. The molecule has 0 saturated heterocycles. The Bertz CT molecular complexity index is 380. The zero-order valence-electron chi connectivity index (χ0n) is 6.02. The first-order valence-corrected chi connectivity index (χ1v) is 4.07. The van der Waals surface area contributed by atoms with Crippen LogP contribution in [0.5, 0.6) is 0 Å². The summed E-state index contributed by atoms with van der Waals surface area (Å²) >= 11 is 1.43. The molecule has 0 aliphatic heterocycles. The van der Waals surface area contributed by atoms with Gasteiger partial charge in [-0.25, -0.2) is 4.98 Å². The van der Waals surface area contributed by atoms with E-state index in [0.717, 1.165) is 0 Å². The molecule has 0 amide bonds. The quantitative estimate of drug-likeness (QED) is 0.685. The van der Waals surface area contributed by atoms with Gasteiger partial charge in [0.25, 0.3) is 6.01 Å². The highest BCUT2D eigenvalue weighted by atomic mass is 32.1. The molecular formula is C6H6N4OS. The second-order valence-electron chi connectivity index (χ2n) is 2.10. The van der Waals surface area contributed by atoms with E-state index in [2.05, 4.69) is 9.97 Å². The number of thiazole rings is 1. The molecule has 6 heteroatoms. The number of oxazole rings is 1. The van der Waals surface area contributed by atoms with Crippen LogP contribution in [-0.4, -0.2) is 9.97 Å². The maximum Gasteiger partial charge on any atom is 0.294 e. The van der Waals surface area contributed by atoms with Gasteiger partial charge in [0, 0.05) is 11.6 Å². The van der Waals surface area contributed by atoms with E-state index in [0.29, 0.717) is 10.7 Å². The normalized spacial score (nSPS) is 10.3. The third-order valence-corrected chi connectivity index (χ3v) is 2.08. The topological polar surface area (TPSA) is 91.0 Å². The molecule has 0 unspecified atom stereocenters. The van der Waals surface area contributed by atoms with Gasteiger partial charge >= 0.3 is 0 Å². The highest BCUT2D eigenvalue weighted by Crippen LogP contribution is 2.27. The van der Waals surface area contributed by atoms with Gasteiger partial charge in [-0.2, -0.15) is 4.98 Å². The molecule has 0 saturated carbocycles. The van der Waals surface area contributed by atoms with Crippen molar-refractivity contribution in [1.29, 1.82) is 0 Å². The highest BCUT2D eigenvalue weighted by Gasteiger charge is 2.11. The Hall–Kier alpha value is -1.56. The molecule has 12 heavy (non-hydrogen) atoms. The van der Waals surface area contributed by atoms with Crippen LogP contribution in [0.2, 0.25) is 0 Å². The molecule has 4 N–H and O–H groups in total. The molecule has 0 aliphatic carbocycles. The molecule has 0 atom stereocenters. The van der Waals surface area contributed by atoms with Crippen molar-refractivity contribution in [3.05, 3.63) is 11.6 Å². The van der Waals surface area contributed by atoms with E-state index in [9.17, 15) is 0 Å². The van der Waals surface area contributed by atoms with E-state index in [-0.39, 0.29) is 11.9 Å². The summed E-state index contributed by atoms with van der Waals surface area (Å²) in [4.78, 5) is 7.91. The fourth-order valence-corrected chi connectivity index (χ4v) is 1.47. The van der Waals surface area contributed by atoms with Gasteiger partial charge in [-0.1, -0.05) is 0 Å². The third kappa shape index (κ3) is 1.02. The smallest absolute Gasteiger partial charge is 0.294 e. The predicted octanol–water partition coefficient (Wildman–Crippen LogP) is 0.962. The van der Waals surface area contributed by atoms with Crippen molar-refractivity contribution in [1.82, 2.24) is 9.97 Å². The van der Waals surface area contributed by atoms with Crippen LogP contribution in [0, 0.1) is 0 Å². The zero-order chi connectivity index (χ0) is 8.55. The number of nitrogen functional groups attached to an aromatic ring is 2. The number of anilines is 2. The average Bonchev–Trinajstić information content (AvgIpc) is 2.58. The maximum absolute atomic E-state index is 5.49. The molecule has 2 aromatic rings. The summed E-state index contributed by atoms with van der Waals surface area (Å²) in [6.45, 7) is 0. The molecule has 0 aromatic carbocycles. The summed E-state index contributed by atoms with van der Waals surface area (Å²) in [7, 11) is 0. The minimum atomic E-state index is 0.0673. The van der Waals surface area contributed by atoms with Crippen LogP contribution in [0.1, 0.15) is 0 Å². The molecule has 2 aromatic heterocycles. The summed E-state index contributed by atoms with van der Waals surface area (Å²) in [5, 5.41) is 2.55. The third-order valence-electron chi connectivity index (χ3n) is 1.30. The van der Waals surface area contributed by atoms with Gasteiger partial charge in [-0.05, 0) is 0 Å². The second-order valence-corrected chi connectivity index (χ2v) is 3.00. The lowest BCUT2D eigenvalue weighted by Crippen LogP contribution is -1.85. The van der Waals surface area contributed by atoms with Crippen molar-refractivity contribution in [2.75, 3.05) is 11.5 Å². The molecule has 0 spiro atoms. The van der Waals surface area contributed by atoms with Crippen LogP contribution < -0.4 is 11.5 Å². The van der Waals surface area contributed by atoms with Crippen LogP contribution in [-0.2, 0) is 0 Å². The van der Waals surface area contributed by atoms with Gasteiger partial charge in [-0.15, -0.1) is 11.3 Å². The standard InChI is InChI=1S/C6H6N4OS/c7-4-3(10-6(8)11-4)5-9-1-2-12-5/h1-2H,7H2,(H2,8,10). The lowest BCUT2D eigenvalue weighted by molar-refractivity contribution is 0.600. The Labute approximate surface area is 72.0 Å². The lowest BCUT2D eigenvalue weighted by atomic mass is 10.5. The van der Waals surface area contributed by atoms with Crippen LogP contribution in [0.4, 0.5) is 11.9 Å². The van der Waals surface area contributed by atoms with Crippen molar-refractivity contribution in [2.45, 2.75) is 0 Å². The van der Waals surface area contributed by atoms with Gasteiger partial charge in [-0.3, -0.25) is 0 Å². The minimum Gasteiger partial charge on any atom is -0.407 e. The molecule has 0 radical (unpaired) electrons. The van der Waals surface area contributed by atoms with Crippen molar-refractivity contribution in [3.8, 4) is 10.7 Å². The average molecular weight is 182 g/mol. The monoisotopic (exact) mass is 182 g/mol. The predicted molar refractivity (Wildman–Crippen MR) is 46.4 cm³/mol. The van der Waals surface area contributed by atoms with E-state index in [1.54, 1.807) is 6.20 Å². The maximum atomic E-state index is 5.49. The number of nitrogens with two attached hydrogens (primary N) is 2. The highest BCUT2D eigenvalue weighted by molar-refractivity contribution is 7.13. The molecule has 62 valence electrons. The van der Waals surface area contributed by atoms with Crippen LogP contribution in [0.25, 0.3) is 10.7 Å². The van der Waals surface area contributed by atoms with Crippen molar-refractivity contribution in [3.63, 3.8) is 0 Å². The van der Waals surface area contributed by atoms with Crippen molar-refractivity contribution < 1.29 is 4.42 Å². The van der Waals surface area contributed by atoms with Gasteiger partial charge in [0.05, 0.1) is 0 Å². The first-order valence-electron chi connectivity index (χ1n) is 3.19. The molecule has 5 nitrogen and oxygen atoms in total. The Kier molecular flexibility index (Phi) is 1.47. The summed E-state index contributed by atoms with van der Waals surface area (Å²) in [6.07, 6.45) is 1.67. The second kappa shape index (κ2) is 2.49. The molecular weight excluding hydrogens is 176 g/mol. The minimum absolute atomic E-state index is 0.0673. The van der Waals surface area contributed by atoms with Crippen molar-refractivity contribution >= 4 is 23.2 Å². The molecule has 0 aliphatic rings. The van der Waals surface area contributed by atoms with E-state index in [1.165, 1.54) is 11.3 Å². The SMILES string of the molecule is Nc1nc(-c2nccs2)c(N)o1. The summed E-state index contributed by atoms with van der Waals surface area (Å²) < 4.78 is 4.85. The number of hydrogen-bond acceptors (Lipinski definition) is 6. The van der Waals surface area contributed by atoms with Crippen molar-refractivity contribution in [2.24, 2.45) is 0 Å². The van der Waals surface area contributed by atoms with E-state index >= 15 is 0 Å². The van der Waals surface area contributed by atoms with Gasteiger partial charge in [0.15, 0.2) is 5.69 Å². The Morgan fingerprint density at radius 3 is 2.75 bits per heavy atom. The van der Waals surface area contributed by atoms with Gasteiger partial charge in [0.2, 0.25) is 5.88 Å². The first-order chi connectivity index (χ1) is 5.77. The van der Waals surface area contributed by atoms with Crippen LogP contribution >= 0.6 is 11.3 Å². The Morgan fingerprint density at radius 1 is 1.42 bits per heavy atom. The summed E-state index contributed by atoms with van der Waals surface area (Å²) in [5.74, 6) is 0.211. The number of hydrogen-bond donors (Lipinski definition) is 2. The van der Waals surface area contributed by atoms with Gasteiger partial charge in [0.1, 0.15) is 5.01 Å².